The molecule has 1 aromatic heterocycles. The number of carbonyl (C=O) groups excluding carboxylic acids is 1. The molecule has 0 unspecified atom stereocenters. The first-order chi connectivity index (χ1) is 15.0. The van der Waals surface area contributed by atoms with Crippen LogP contribution in [0.15, 0.2) is 40.6 Å². The Balaban J connectivity index is 1.34. The van der Waals surface area contributed by atoms with Crippen LogP contribution in [0.5, 0.6) is 5.75 Å². The summed E-state index contributed by atoms with van der Waals surface area (Å²) in [5.74, 6) is 0.881. The van der Waals surface area contributed by atoms with Crippen LogP contribution in [0.4, 0.5) is 5.69 Å². The summed E-state index contributed by atoms with van der Waals surface area (Å²) in [4.78, 5) is 17.7. The molecule has 7 nitrogen and oxygen atoms in total. The minimum atomic E-state index is -3.44. The quantitative estimate of drug-likeness (QED) is 0.659. The normalized spacial score (nSPS) is 18.2. The van der Waals surface area contributed by atoms with Crippen molar-refractivity contribution in [2.24, 2.45) is 0 Å². The summed E-state index contributed by atoms with van der Waals surface area (Å²) in [6.45, 7) is 3.94. The van der Waals surface area contributed by atoms with Gasteiger partial charge >= 0.3 is 0 Å². The fourth-order valence-corrected chi connectivity index (χ4v) is 7.19. The van der Waals surface area contributed by atoms with Gasteiger partial charge in [0.05, 0.1) is 19.2 Å². The number of carbonyl (C=O) groups is 1. The van der Waals surface area contributed by atoms with Crippen molar-refractivity contribution >= 4 is 33.0 Å². The smallest absolute Gasteiger partial charge is 0.252 e. The Labute approximate surface area is 188 Å². The van der Waals surface area contributed by atoms with Gasteiger partial charge in [0.1, 0.15) is 9.96 Å². The van der Waals surface area contributed by atoms with Crippen LogP contribution < -0.4 is 9.64 Å². The van der Waals surface area contributed by atoms with E-state index in [0.717, 1.165) is 48.7 Å². The molecule has 0 spiro atoms. The molecule has 1 amide bonds. The second-order valence-electron chi connectivity index (χ2n) is 7.90. The van der Waals surface area contributed by atoms with E-state index in [2.05, 4.69) is 4.90 Å². The maximum absolute atomic E-state index is 12.8. The van der Waals surface area contributed by atoms with E-state index in [1.165, 1.54) is 11.3 Å². The number of thiophene rings is 1. The molecule has 9 heteroatoms. The van der Waals surface area contributed by atoms with E-state index >= 15 is 0 Å². The molecule has 168 valence electrons. The van der Waals surface area contributed by atoms with Crippen LogP contribution in [0.2, 0.25) is 0 Å². The number of rotatable bonds is 6. The lowest BCUT2D eigenvalue weighted by atomic mass is 10.2. The fraction of sp³-hybridized carbons (Fsp3) is 0.500. The van der Waals surface area contributed by atoms with E-state index < -0.39 is 10.0 Å². The fourth-order valence-electron chi connectivity index (χ4n) is 4.17. The van der Waals surface area contributed by atoms with Gasteiger partial charge in [0, 0.05) is 44.1 Å². The molecular weight excluding hydrogens is 434 g/mol. The van der Waals surface area contributed by atoms with Crippen LogP contribution in [0.25, 0.3) is 0 Å². The Bertz CT molecular complexity index is 1010. The third-order valence-corrected chi connectivity index (χ3v) is 9.38. The third kappa shape index (κ3) is 4.88. The first-order valence-corrected chi connectivity index (χ1v) is 13.0. The van der Waals surface area contributed by atoms with Gasteiger partial charge < -0.3 is 14.5 Å². The largest absolute Gasteiger partial charge is 0.495 e. The molecule has 0 bridgehead atoms. The molecule has 1 aromatic carbocycles. The molecule has 0 saturated carbocycles. The lowest BCUT2D eigenvalue weighted by molar-refractivity contribution is -0.130. The Morgan fingerprint density at radius 2 is 1.68 bits per heavy atom. The summed E-state index contributed by atoms with van der Waals surface area (Å²) in [5.41, 5.74) is 1.04. The molecule has 0 atom stereocenters. The van der Waals surface area contributed by atoms with Gasteiger partial charge in [-0.1, -0.05) is 18.6 Å². The second-order valence-corrected chi connectivity index (χ2v) is 11.2. The SMILES string of the molecule is COc1ccccc1N1CCN(C(=O)Cc2ccc(S(=O)(=O)N3CCCCC3)s2)CC1. The van der Waals surface area contributed by atoms with Crippen LogP contribution in [-0.4, -0.2) is 69.9 Å². The molecule has 0 radical (unpaired) electrons. The zero-order chi connectivity index (χ0) is 21.8. The van der Waals surface area contributed by atoms with Gasteiger partial charge in [0.25, 0.3) is 10.0 Å². The first kappa shape index (κ1) is 22.1. The number of hydrogen-bond acceptors (Lipinski definition) is 6. The Kier molecular flexibility index (Phi) is 6.83. The lowest BCUT2D eigenvalue weighted by Gasteiger charge is -2.36. The van der Waals surface area contributed by atoms with Crippen molar-refractivity contribution in [3.63, 3.8) is 0 Å². The topological polar surface area (TPSA) is 70.2 Å². The minimum absolute atomic E-state index is 0.0449. The minimum Gasteiger partial charge on any atom is -0.495 e. The Morgan fingerprint density at radius 1 is 0.968 bits per heavy atom. The van der Waals surface area contributed by atoms with Crippen molar-refractivity contribution in [2.75, 3.05) is 51.3 Å². The molecule has 0 aliphatic carbocycles. The van der Waals surface area contributed by atoms with Crippen molar-refractivity contribution in [1.82, 2.24) is 9.21 Å². The van der Waals surface area contributed by atoms with Gasteiger partial charge in [-0.2, -0.15) is 4.31 Å². The predicted molar refractivity (Wildman–Crippen MR) is 122 cm³/mol. The van der Waals surface area contributed by atoms with Gasteiger partial charge in [-0.15, -0.1) is 11.3 Å². The number of benzene rings is 1. The van der Waals surface area contributed by atoms with E-state index in [-0.39, 0.29) is 12.3 Å². The number of ether oxygens (including phenoxy) is 1. The number of piperazine rings is 1. The van der Waals surface area contributed by atoms with Crippen molar-refractivity contribution in [2.45, 2.75) is 29.9 Å². The van der Waals surface area contributed by atoms with E-state index in [4.69, 9.17) is 4.74 Å². The number of anilines is 1. The van der Waals surface area contributed by atoms with E-state index in [1.54, 1.807) is 23.5 Å². The number of para-hydroxylation sites is 2. The summed E-state index contributed by atoms with van der Waals surface area (Å²) in [7, 11) is -1.77. The Hall–Kier alpha value is -2.10. The van der Waals surface area contributed by atoms with E-state index in [0.29, 0.717) is 30.4 Å². The van der Waals surface area contributed by atoms with Crippen LogP contribution in [0, 0.1) is 0 Å². The van der Waals surface area contributed by atoms with Gasteiger partial charge in [-0.3, -0.25) is 4.79 Å². The standard InChI is InChI=1S/C22H29N3O4S2/c1-29-20-8-4-3-7-19(20)23-13-15-24(16-14-23)21(26)17-18-9-10-22(30-18)31(27,28)25-11-5-2-6-12-25/h3-4,7-10H,2,5-6,11-17H2,1H3. The van der Waals surface area contributed by atoms with Crippen LogP contribution in [-0.2, 0) is 21.2 Å². The molecule has 0 N–H and O–H groups in total. The van der Waals surface area contributed by atoms with Gasteiger partial charge in [-0.25, -0.2) is 8.42 Å². The molecule has 2 aliphatic rings. The predicted octanol–water partition coefficient (Wildman–Crippen LogP) is 2.82. The number of hydrogen-bond donors (Lipinski definition) is 0. The molecule has 2 aliphatic heterocycles. The highest BCUT2D eigenvalue weighted by Crippen LogP contribution is 2.29. The maximum Gasteiger partial charge on any atom is 0.252 e. The average molecular weight is 464 g/mol. The third-order valence-electron chi connectivity index (χ3n) is 5.93. The van der Waals surface area contributed by atoms with E-state index in [1.807, 2.05) is 29.2 Å². The van der Waals surface area contributed by atoms with Crippen molar-refractivity contribution < 1.29 is 17.9 Å². The molecule has 2 saturated heterocycles. The summed E-state index contributed by atoms with van der Waals surface area (Å²) < 4.78 is 33.0. The summed E-state index contributed by atoms with van der Waals surface area (Å²) in [5, 5.41) is 0. The number of piperidine rings is 1. The molecular formula is C22H29N3O4S2. The van der Waals surface area contributed by atoms with Crippen molar-refractivity contribution in [3.05, 3.63) is 41.3 Å². The zero-order valence-corrected chi connectivity index (χ0v) is 19.5. The van der Waals surface area contributed by atoms with E-state index in [9.17, 15) is 13.2 Å². The number of sulfonamides is 1. The lowest BCUT2D eigenvalue weighted by Crippen LogP contribution is -2.49. The van der Waals surface area contributed by atoms with Gasteiger partial charge in [0.2, 0.25) is 5.91 Å². The summed E-state index contributed by atoms with van der Waals surface area (Å²) in [6.07, 6.45) is 3.16. The van der Waals surface area contributed by atoms with Crippen LogP contribution in [0.3, 0.4) is 0 Å². The highest BCUT2D eigenvalue weighted by molar-refractivity contribution is 7.91. The molecule has 4 rings (SSSR count). The highest BCUT2D eigenvalue weighted by Gasteiger charge is 2.28. The van der Waals surface area contributed by atoms with Crippen molar-refractivity contribution in [1.29, 1.82) is 0 Å². The van der Waals surface area contributed by atoms with Crippen LogP contribution >= 0.6 is 11.3 Å². The van der Waals surface area contributed by atoms with Crippen molar-refractivity contribution in [3.8, 4) is 5.75 Å². The molecule has 2 aromatic rings. The Morgan fingerprint density at radius 3 is 2.39 bits per heavy atom. The summed E-state index contributed by atoms with van der Waals surface area (Å²) >= 11 is 1.22. The highest BCUT2D eigenvalue weighted by atomic mass is 32.2. The average Bonchev–Trinajstić information content (AvgIpc) is 3.29. The molecule has 2 fully saturated rings. The maximum atomic E-state index is 12.8. The number of methoxy groups -OCH3 is 1. The molecule has 3 heterocycles. The summed E-state index contributed by atoms with van der Waals surface area (Å²) in [6, 6.07) is 11.3. The van der Waals surface area contributed by atoms with Crippen LogP contribution in [0.1, 0.15) is 24.1 Å². The second kappa shape index (κ2) is 9.58. The van der Waals surface area contributed by atoms with Gasteiger partial charge in [-0.05, 0) is 37.1 Å². The number of nitrogens with zero attached hydrogens (tertiary/aromatic N) is 3. The zero-order valence-electron chi connectivity index (χ0n) is 17.8. The number of amides is 1. The van der Waals surface area contributed by atoms with Gasteiger partial charge in [0.15, 0.2) is 0 Å². The first-order valence-electron chi connectivity index (χ1n) is 10.7. The monoisotopic (exact) mass is 463 g/mol. The molecule has 31 heavy (non-hydrogen) atoms.